The molecule has 2 N–H and O–H groups in total. The quantitative estimate of drug-likeness (QED) is 0.586. The molecule has 0 amide bonds. The predicted octanol–water partition coefficient (Wildman–Crippen LogP) is 1.25. The van der Waals surface area contributed by atoms with Gasteiger partial charge in [-0.25, -0.2) is 0 Å². The summed E-state index contributed by atoms with van der Waals surface area (Å²) in [5.41, 5.74) is 6.92. The first kappa shape index (κ1) is 14.0. The Hall–Kier alpha value is -1.07. The van der Waals surface area contributed by atoms with Crippen LogP contribution in [0, 0.1) is 0 Å². The lowest BCUT2D eigenvalue weighted by molar-refractivity contribution is -0.144. The number of nitrogens with zero attached hydrogens (tertiary/aromatic N) is 1. The third-order valence-corrected chi connectivity index (χ3v) is 3.26. The van der Waals surface area contributed by atoms with Gasteiger partial charge in [-0.1, -0.05) is 0 Å². The molecular formula is C12H18N2O2S. The maximum Gasteiger partial charge on any atom is 0.323 e. The molecule has 0 aliphatic carbocycles. The number of carbonyl (C=O) groups is 1. The van der Waals surface area contributed by atoms with Crippen LogP contribution in [0.4, 0.5) is 0 Å². The van der Waals surface area contributed by atoms with Crippen molar-refractivity contribution in [3.63, 3.8) is 0 Å². The van der Waals surface area contributed by atoms with Crippen LogP contribution in [-0.4, -0.2) is 35.1 Å². The van der Waals surface area contributed by atoms with E-state index in [1.807, 2.05) is 12.1 Å². The molecule has 1 unspecified atom stereocenters. The van der Waals surface area contributed by atoms with Crippen LogP contribution in [-0.2, 0) is 16.0 Å². The average molecular weight is 254 g/mol. The van der Waals surface area contributed by atoms with Crippen molar-refractivity contribution in [3.05, 3.63) is 30.1 Å². The Morgan fingerprint density at radius 2 is 2.24 bits per heavy atom. The fourth-order valence-electron chi connectivity index (χ4n) is 1.27. The molecule has 1 aromatic heterocycles. The number of hydrogen-bond acceptors (Lipinski definition) is 5. The van der Waals surface area contributed by atoms with Crippen LogP contribution in [0.5, 0.6) is 0 Å². The number of pyridine rings is 1. The van der Waals surface area contributed by atoms with E-state index < -0.39 is 6.04 Å². The van der Waals surface area contributed by atoms with Crippen LogP contribution in [0.3, 0.4) is 0 Å². The van der Waals surface area contributed by atoms with Gasteiger partial charge in [0.05, 0.1) is 6.61 Å². The van der Waals surface area contributed by atoms with E-state index in [0.29, 0.717) is 12.4 Å². The molecule has 1 atom stereocenters. The van der Waals surface area contributed by atoms with Crippen molar-refractivity contribution in [1.82, 2.24) is 4.98 Å². The van der Waals surface area contributed by atoms with Crippen molar-refractivity contribution < 1.29 is 9.53 Å². The average Bonchev–Trinajstić information content (AvgIpc) is 2.36. The zero-order chi connectivity index (χ0) is 12.5. The third-order valence-electron chi connectivity index (χ3n) is 2.17. The number of rotatable bonds is 7. The zero-order valence-corrected chi connectivity index (χ0v) is 10.8. The lowest BCUT2D eigenvalue weighted by atomic mass is 10.2. The van der Waals surface area contributed by atoms with Gasteiger partial charge in [-0.15, -0.1) is 0 Å². The molecule has 0 spiro atoms. The monoisotopic (exact) mass is 254 g/mol. The summed E-state index contributed by atoms with van der Waals surface area (Å²) in [6, 6.07) is 3.47. The van der Waals surface area contributed by atoms with E-state index in [1.54, 1.807) is 31.1 Å². The van der Waals surface area contributed by atoms with Crippen molar-refractivity contribution in [3.8, 4) is 0 Å². The SMILES string of the molecule is CCOC(=O)C(N)CSCCc1ccncc1. The van der Waals surface area contributed by atoms with E-state index >= 15 is 0 Å². The van der Waals surface area contributed by atoms with Crippen LogP contribution in [0.15, 0.2) is 24.5 Å². The van der Waals surface area contributed by atoms with E-state index in [1.165, 1.54) is 5.56 Å². The topological polar surface area (TPSA) is 65.2 Å². The van der Waals surface area contributed by atoms with E-state index in [9.17, 15) is 4.79 Å². The highest BCUT2D eigenvalue weighted by Gasteiger charge is 2.13. The summed E-state index contributed by atoms with van der Waals surface area (Å²) in [6.07, 6.45) is 4.53. The molecule has 0 aromatic carbocycles. The van der Waals surface area contributed by atoms with Crippen molar-refractivity contribution >= 4 is 17.7 Å². The fourth-order valence-corrected chi connectivity index (χ4v) is 2.20. The Bertz CT molecular complexity index is 333. The summed E-state index contributed by atoms with van der Waals surface area (Å²) in [5.74, 6) is 1.23. The largest absolute Gasteiger partial charge is 0.465 e. The second-order valence-corrected chi connectivity index (χ2v) is 4.69. The summed E-state index contributed by atoms with van der Waals surface area (Å²) < 4.78 is 4.83. The van der Waals surface area contributed by atoms with Crippen LogP contribution >= 0.6 is 11.8 Å². The number of aryl methyl sites for hydroxylation is 1. The number of aromatic nitrogens is 1. The molecule has 1 heterocycles. The summed E-state index contributed by atoms with van der Waals surface area (Å²) in [6.45, 7) is 2.16. The minimum Gasteiger partial charge on any atom is -0.465 e. The van der Waals surface area contributed by atoms with Gasteiger partial charge < -0.3 is 10.5 Å². The molecular weight excluding hydrogens is 236 g/mol. The van der Waals surface area contributed by atoms with Crippen LogP contribution < -0.4 is 5.73 Å². The van der Waals surface area contributed by atoms with E-state index in [4.69, 9.17) is 10.5 Å². The first-order valence-electron chi connectivity index (χ1n) is 5.63. The van der Waals surface area contributed by atoms with Gasteiger partial charge in [-0.2, -0.15) is 11.8 Å². The molecule has 0 aliphatic rings. The minimum atomic E-state index is -0.516. The van der Waals surface area contributed by atoms with E-state index in [-0.39, 0.29) is 5.97 Å². The Balaban J connectivity index is 2.14. The maximum absolute atomic E-state index is 11.2. The molecule has 4 nitrogen and oxygen atoms in total. The van der Waals surface area contributed by atoms with Gasteiger partial charge >= 0.3 is 5.97 Å². The van der Waals surface area contributed by atoms with Crippen molar-refractivity contribution in [1.29, 1.82) is 0 Å². The highest BCUT2D eigenvalue weighted by atomic mass is 32.2. The van der Waals surface area contributed by atoms with Crippen LogP contribution in [0.1, 0.15) is 12.5 Å². The van der Waals surface area contributed by atoms with Gasteiger partial charge in [0.2, 0.25) is 0 Å². The number of ether oxygens (including phenoxy) is 1. The molecule has 5 heteroatoms. The minimum absolute atomic E-state index is 0.316. The van der Waals surface area contributed by atoms with Crippen molar-refractivity contribution in [2.45, 2.75) is 19.4 Å². The lowest BCUT2D eigenvalue weighted by Crippen LogP contribution is -2.34. The Kier molecular flexibility index (Phi) is 6.65. The second-order valence-electron chi connectivity index (χ2n) is 3.54. The van der Waals surface area contributed by atoms with Crippen LogP contribution in [0.25, 0.3) is 0 Å². The van der Waals surface area contributed by atoms with Gasteiger partial charge in [0.25, 0.3) is 0 Å². The van der Waals surface area contributed by atoms with Crippen molar-refractivity contribution in [2.24, 2.45) is 5.73 Å². The molecule has 1 rings (SSSR count). The van der Waals surface area contributed by atoms with E-state index in [2.05, 4.69) is 4.98 Å². The molecule has 0 bridgehead atoms. The highest BCUT2D eigenvalue weighted by molar-refractivity contribution is 7.99. The molecule has 0 aliphatic heterocycles. The first-order chi connectivity index (χ1) is 8.24. The van der Waals surface area contributed by atoms with Gasteiger partial charge in [0, 0.05) is 18.1 Å². The normalized spacial score (nSPS) is 12.1. The van der Waals surface area contributed by atoms with Gasteiger partial charge in [-0.05, 0) is 36.8 Å². The first-order valence-corrected chi connectivity index (χ1v) is 6.78. The fraction of sp³-hybridized carbons (Fsp3) is 0.500. The third kappa shape index (κ3) is 5.70. The Morgan fingerprint density at radius 3 is 2.88 bits per heavy atom. The molecule has 0 radical (unpaired) electrons. The highest BCUT2D eigenvalue weighted by Crippen LogP contribution is 2.07. The second kappa shape index (κ2) is 8.08. The van der Waals surface area contributed by atoms with Gasteiger partial charge in [-0.3, -0.25) is 9.78 Å². The molecule has 0 saturated heterocycles. The molecule has 0 saturated carbocycles. The van der Waals surface area contributed by atoms with Gasteiger partial charge in [0.15, 0.2) is 0 Å². The number of hydrogen-bond donors (Lipinski definition) is 1. The lowest BCUT2D eigenvalue weighted by Gasteiger charge is -2.09. The molecule has 94 valence electrons. The van der Waals surface area contributed by atoms with Crippen molar-refractivity contribution in [2.75, 3.05) is 18.1 Å². The summed E-state index contributed by atoms with van der Waals surface area (Å²) in [5, 5.41) is 0. The summed E-state index contributed by atoms with van der Waals surface area (Å²) >= 11 is 1.66. The summed E-state index contributed by atoms with van der Waals surface area (Å²) in [7, 11) is 0. The number of thioether (sulfide) groups is 1. The molecule has 0 fully saturated rings. The number of carbonyl (C=O) groups excluding carboxylic acids is 1. The molecule has 1 aromatic rings. The van der Waals surface area contributed by atoms with Gasteiger partial charge in [0.1, 0.15) is 6.04 Å². The zero-order valence-electron chi connectivity index (χ0n) is 9.96. The molecule has 17 heavy (non-hydrogen) atoms. The standard InChI is InChI=1S/C12H18N2O2S/c1-2-16-12(15)11(13)9-17-8-5-10-3-6-14-7-4-10/h3-4,6-7,11H,2,5,8-9,13H2,1H3. The number of esters is 1. The summed E-state index contributed by atoms with van der Waals surface area (Å²) in [4.78, 5) is 15.2. The predicted molar refractivity (Wildman–Crippen MR) is 69.9 cm³/mol. The number of nitrogens with two attached hydrogens (primary N) is 1. The Morgan fingerprint density at radius 1 is 1.53 bits per heavy atom. The smallest absolute Gasteiger partial charge is 0.323 e. The van der Waals surface area contributed by atoms with E-state index in [0.717, 1.165) is 12.2 Å². The van der Waals surface area contributed by atoms with Crippen LogP contribution in [0.2, 0.25) is 0 Å². The Labute approximate surface area is 106 Å². The maximum atomic E-state index is 11.2.